The molecule has 0 spiro atoms. The summed E-state index contributed by atoms with van der Waals surface area (Å²) in [6.45, 7) is 7.75. The number of carbonyl (C=O) groups excluding carboxylic acids is 2. The fraction of sp³-hybridized carbons (Fsp3) is 0.261. The van der Waals surface area contributed by atoms with E-state index in [0.717, 1.165) is 11.1 Å². The van der Waals surface area contributed by atoms with Crippen LogP contribution in [0, 0.1) is 27.7 Å². The van der Waals surface area contributed by atoms with E-state index in [1.165, 1.54) is 5.56 Å². The maximum Gasteiger partial charge on any atom is 0.342 e. The largest absolute Gasteiger partial charge is 0.452 e. The van der Waals surface area contributed by atoms with Crippen LogP contribution in [0.1, 0.15) is 38.4 Å². The highest BCUT2D eigenvalue weighted by Crippen LogP contribution is 2.17. The molecule has 1 heterocycles. The zero-order chi connectivity index (χ0) is 21.0. The summed E-state index contributed by atoms with van der Waals surface area (Å²) in [7, 11) is 0. The average Bonchev–Trinajstić information content (AvgIpc) is 2.97. The topological polar surface area (TPSA) is 73.2 Å². The van der Waals surface area contributed by atoms with Crippen molar-refractivity contribution >= 4 is 17.6 Å². The number of para-hydroxylation sites is 1. The molecule has 0 saturated carbocycles. The Kier molecular flexibility index (Phi) is 6.12. The molecule has 3 rings (SSSR count). The van der Waals surface area contributed by atoms with Gasteiger partial charge in [-0.15, -0.1) is 0 Å². The summed E-state index contributed by atoms with van der Waals surface area (Å²) in [5.74, 6) is -0.926. The summed E-state index contributed by atoms with van der Waals surface area (Å²) in [5, 5.41) is 7.22. The van der Waals surface area contributed by atoms with Crippen LogP contribution in [0.3, 0.4) is 0 Å². The van der Waals surface area contributed by atoms with Gasteiger partial charge in [-0.2, -0.15) is 5.10 Å². The number of aryl methyl sites for hydroxylation is 3. The molecule has 0 radical (unpaired) electrons. The molecule has 6 heteroatoms. The van der Waals surface area contributed by atoms with Gasteiger partial charge in [0.05, 0.1) is 17.9 Å². The first kappa shape index (κ1) is 20.3. The third kappa shape index (κ3) is 4.90. The van der Waals surface area contributed by atoms with Crippen molar-refractivity contribution in [2.24, 2.45) is 0 Å². The van der Waals surface area contributed by atoms with Crippen LogP contribution in [0.2, 0.25) is 0 Å². The van der Waals surface area contributed by atoms with E-state index in [9.17, 15) is 9.59 Å². The molecule has 0 fully saturated rings. The number of nitrogens with zero attached hydrogens (tertiary/aromatic N) is 2. The second-order valence-electron chi connectivity index (χ2n) is 7.13. The van der Waals surface area contributed by atoms with E-state index in [0.29, 0.717) is 29.2 Å². The standard InChI is InChI=1S/C23H25N3O3/c1-15-9-11-19(12-10-15)13-26-18(4)22(17(3)25-26)23(28)29-14-21(27)24-20-8-6-5-7-16(20)2/h5-12H,13-14H2,1-4H3,(H,24,27). The molecule has 29 heavy (non-hydrogen) atoms. The summed E-state index contributed by atoms with van der Waals surface area (Å²) in [4.78, 5) is 24.7. The maximum atomic E-state index is 12.6. The molecule has 0 atom stereocenters. The first-order chi connectivity index (χ1) is 13.8. The lowest BCUT2D eigenvalue weighted by Crippen LogP contribution is -2.21. The second kappa shape index (κ2) is 8.73. The molecule has 0 bridgehead atoms. The summed E-state index contributed by atoms with van der Waals surface area (Å²) >= 11 is 0. The Morgan fingerprint density at radius 2 is 1.69 bits per heavy atom. The van der Waals surface area contributed by atoms with E-state index in [2.05, 4.69) is 10.4 Å². The number of nitrogens with one attached hydrogen (secondary N) is 1. The number of ether oxygens (including phenoxy) is 1. The molecular weight excluding hydrogens is 366 g/mol. The Labute approximate surface area is 170 Å². The highest BCUT2D eigenvalue weighted by molar-refractivity contribution is 5.96. The van der Waals surface area contributed by atoms with E-state index in [4.69, 9.17) is 4.74 Å². The van der Waals surface area contributed by atoms with Crippen LogP contribution in [0.15, 0.2) is 48.5 Å². The lowest BCUT2D eigenvalue weighted by atomic mass is 10.1. The summed E-state index contributed by atoms with van der Waals surface area (Å²) in [5.41, 5.74) is 5.63. The van der Waals surface area contributed by atoms with Crippen LogP contribution in [-0.2, 0) is 16.1 Å². The number of carbonyl (C=O) groups is 2. The molecule has 2 aromatic carbocycles. The van der Waals surface area contributed by atoms with Crippen molar-refractivity contribution in [3.63, 3.8) is 0 Å². The minimum Gasteiger partial charge on any atom is -0.452 e. The van der Waals surface area contributed by atoms with E-state index >= 15 is 0 Å². The maximum absolute atomic E-state index is 12.6. The van der Waals surface area contributed by atoms with Gasteiger partial charge in [-0.25, -0.2) is 4.79 Å². The number of anilines is 1. The predicted molar refractivity (Wildman–Crippen MR) is 112 cm³/mol. The van der Waals surface area contributed by atoms with Crippen LogP contribution in [0.4, 0.5) is 5.69 Å². The van der Waals surface area contributed by atoms with Gasteiger partial charge in [-0.3, -0.25) is 9.48 Å². The lowest BCUT2D eigenvalue weighted by molar-refractivity contribution is -0.119. The van der Waals surface area contributed by atoms with Crippen molar-refractivity contribution < 1.29 is 14.3 Å². The normalized spacial score (nSPS) is 10.6. The predicted octanol–water partition coefficient (Wildman–Crippen LogP) is 3.96. The highest BCUT2D eigenvalue weighted by atomic mass is 16.5. The van der Waals surface area contributed by atoms with Gasteiger partial charge in [-0.05, 0) is 44.9 Å². The van der Waals surface area contributed by atoms with E-state index in [-0.39, 0.29) is 12.5 Å². The van der Waals surface area contributed by atoms with Crippen molar-refractivity contribution in [1.29, 1.82) is 0 Å². The molecule has 0 aliphatic heterocycles. The second-order valence-corrected chi connectivity index (χ2v) is 7.13. The summed E-state index contributed by atoms with van der Waals surface area (Å²) in [6.07, 6.45) is 0. The molecule has 1 aromatic heterocycles. The van der Waals surface area contributed by atoms with E-state index < -0.39 is 5.97 Å². The van der Waals surface area contributed by atoms with Crippen molar-refractivity contribution in [2.45, 2.75) is 34.2 Å². The smallest absolute Gasteiger partial charge is 0.342 e. The third-order valence-electron chi connectivity index (χ3n) is 4.79. The third-order valence-corrected chi connectivity index (χ3v) is 4.79. The molecule has 0 aliphatic carbocycles. The van der Waals surface area contributed by atoms with Gasteiger partial charge in [0.2, 0.25) is 0 Å². The zero-order valence-corrected chi connectivity index (χ0v) is 17.2. The van der Waals surface area contributed by atoms with Crippen LogP contribution < -0.4 is 5.32 Å². The number of rotatable bonds is 6. The molecule has 3 aromatic rings. The van der Waals surface area contributed by atoms with Crippen molar-refractivity contribution in [3.8, 4) is 0 Å². The van der Waals surface area contributed by atoms with Gasteiger partial charge >= 0.3 is 5.97 Å². The Morgan fingerprint density at radius 3 is 2.38 bits per heavy atom. The molecule has 0 unspecified atom stereocenters. The van der Waals surface area contributed by atoms with Crippen molar-refractivity contribution in [3.05, 3.63) is 82.2 Å². The van der Waals surface area contributed by atoms with Gasteiger partial charge in [0.25, 0.3) is 5.91 Å². The minimum atomic E-state index is -0.546. The van der Waals surface area contributed by atoms with E-state index in [1.807, 2.05) is 63.2 Å². The average molecular weight is 391 g/mol. The summed E-state index contributed by atoms with van der Waals surface area (Å²) in [6, 6.07) is 15.6. The van der Waals surface area contributed by atoms with Crippen LogP contribution in [-0.4, -0.2) is 28.3 Å². The lowest BCUT2D eigenvalue weighted by Gasteiger charge is -2.09. The molecule has 150 valence electrons. The molecule has 1 amide bonds. The monoisotopic (exact) mass is 391 g/mol. The Hall–Kier alpha value is -3.41. The van der Waals surface area contributed by atoms with Gasteiger partial charge in [-0.1, -0.05) is 48.0 Å². The molecule has 0 saturated heterocycles. The molecule has 6 nitrogen and oxygen atoms in total. The van der Waals surface area contributed by atoms with Crippen LogP contribution in [0.25, 0.3) is 0 Å². The number of amides is 1. The number of hydrogen-bond donors (Lipinski definition) is 1. The number of hydrogen-bond acceptors (Lipinski definition) is 4. The van der Waals surface area contributed by atoms with Crippen LogP contribution >= 0.6 is 0 Å². The first-order valence-electron chi connectivity index (χ1n) is 9.47. The number of esters is 1. The van der Waals surface area contributed by atoms with Crippen molar-refractivity contribution in [1.82, 2.24) is 9.78 Å². The quantitative estimate of drug-likeness (QED) is 0.646. The van der Waals surface area contributed by atoms with Crippen molar-refractivity contribution in [2.75, 3.05) is 11.9 Å². The van der Waals surface area contributed by atoms with Gasteiger partial charge < -0.3 is 10.1 Å². The molecule has 0 aliphatic rings. The number of benzene rings is 2. The molecular formula is C23H25N3O3. The fourth-order valence-electron chi connectivity index (χ4n) is 3.12. The Balaban J connectivity index is 1.64. The zero-order valence-electron chi connectivity index (χ0n) is 17.2. The fourth-order valence-corrected chi connectivity index (χ4v) is 3.12. The van der Waals surface area contributed by atoms with Gasteiger partial charge in [0.15, 0.2) is 6.61 Å². The summed E-state index contributed by atoms with van der Waals surface area (Å²) < 4.78 is 7.02. The van der Waals surface area contributed by atoms with Gasteiger partial charge in [0.1, 0.15) is 5.56 Å². The minimum absolute atomic E-state index is 0.352. The molecule has 1 N–H and O–H groups in total. The Bertz CT molecular complexity index is 1040. The number of aromatic nitrogens is 2. The highest BCUT2D eigenvalue weighted by Gasteiger charge is 2.21. The van der Waals surface area contributed by atoms with Gasteiger partial charge in [0, 0.05) is 5.69 Å². The Morgan fingerprint density at radius 1 is 1.00 bits per heavy atom. The SMILES string of the molecule is Cc1ccc(Cn2nc(C)c(C(=O)OCC(=O)Nc3ccccc3C)c2C)cc1. The van der Waals surface area contributed by atoms with Crippen LogP contribution in [0.5, 0.6) is 0 Å². The van der Waals surface area contributed by atoms with E-state index in [1.54, 1.807) is 17.7 Å². The first-order valence-corrected chi connectivity index (χ1v) is 9.47.